The molecule has 0 spiro atoms. The number of hydrogen-bond acceptors (Lipinski definition) is 2. The molecule has 0 bridgehead atoms. The van der Waals surface area contributed by atoms with Crippen LogP contribution in [-0.4, -0.2) is 36.0 Å². The number of rotatable bonds is 6. The second-order valence-corrected chi connectivity index (χ2v) is 8.32. The first-order chi connectivity index (χ1) is 9.27. The van der Waals surface area contributed by atoms with Crippen LogP contribution in [0.4, 0.5) is 0 Å². The second kappa shape index (κ2) is 7.16. The topological polar surface area (TPSA) is 16.4 Å². The van der Waals surface area contributed by atoms with E-state index in [1.54, 1.807) is 6.26 Å². The first kappa shape index (κ1) is 17.1. The second-order valence-electron chi connectivity index (χ2n) is 4.90. The lowest BCUT2D eigenvalue weighted by atomic mass is 10.2. The van der Waals surface area contributed by atoms with Gasteiger partial charge in [-0.3, -0.25) is 0 Å². The van der Waals surface area contributed by atoms with E-state index >= 15 is 0 Å². The van der Waals surface area contributed by atoms with Gasteiger partial charge in [0.1, 0.15) is 0 Å². The molecule has 0 saturated heterocycles. The van der Waals surface area contributed by atoms with Gasteiger partial charge in [-0.15, -0.1) is 0 Å². The zero-order chi connectivity index (χ0) is 15.3. The highest BCUT2D eigenvalue weighted by atomic mass is 35.5. The highest BCUT2D eigenvalue weighted by Gasteiger charge is 2.18. The summed E-state index contributed by atoms with van der Waals surface area (Å²) in [5.41, 5.74) is 2.03. The Morgan fingerprint density at radius 1 is 1.45 bits per heavy atom. The molecule has 0 radical (unpaired) electrons. The average Bonchev–Trinajstić information content (AvgIpc) is 2.36. The van der Waals surface area contributed by atoms with E-state index in [-0.39, 0.29) is 0 Å². The largest absolute Gasteiger partial charge is 0.501 e. The molecule has 0 fully saturated rings. The Morgan fingerprint density at radius 3 is 2.65 bits per heavy atom. The number of ether oxygens (including phenoxy) is 1. The normalized spacial score (nSPS) is 12.3. The molecule has 3 nitrogen and oxygen atoms in total. The van der Waals surface area contributed by atoms with Gasteiger partial charge in [0.25, 0.3) is 5.15 Å². The number of nitrogens with zero attached hydrogens (tertiary/aromatic N) is 2. The van der Waals surface area contributed by atoms with Crippen LogP contribution in [0.2, 0.25) is 5.15 Å². The molecule has 0 unspecified atom stereocenters. The summed E-state index contributed by atoms with van der Waals surface area (Å²) >= 11 is 6.49. The summed E-state index contributed by atoms with van der Waals surface area (Å²) in [5, 5.41) is 0.691. The first-order valence-electron chi connectivity index (χ1n) is 6.40. The molecule has 0 aliphatic carbocycles. The van der Waals surface area contributed by atoms with Crippen LogP contribution in [0.1, 0.15) is 18.2 Å². The lowest BCUT2D eigenvalue weighted by Gasteiger charge is -2.20. The lowest BCUT2D eigenvalue weighted by molar-refractivity contribution is -0.713. The Hall–Kier alpha value is -0.970. The third kappa shape index (κ3) is 4.54. The molecule has 0 amide bonds. The van der Waals surface area contributed by atoms with E-state index in [1.807, 2.05) is 39.1 Å². The van der Waals surface area contributed by atoms with Crippen molar-refractivity contribution in [2.45, 2.75) is 20.5 Å². The Morgan fingerprint density at radius 2 is 2.10 bits per heavy atom. The fraction of sp³-hybridized carbons (Fsp3) is 0.400. The van der Waals surface area contributed by atoms with Gasteiger partial charge in [-0.05, 0) is 36.9 Å². The predicted molar refractivity (Wildman–Crippen MR) is 92.6 cm³/mol. The van der Waals surface area contributed by atoms with E-state index in [1.165, 1.54) is 0 Å². The minimum absolute atomic E-state index is 0.646. The lowest BCUT2D eigenvalue weighted by Crippen LogP contribution is -2.45. The van der Waals surface area contributed by atoms with Gasteiger partial charge in [0, 0.05) is 20.0 Å². The maximum Gasteiger partial charge on any atom is 0.283 e. The van der Waals surface area contributed by atoms with E-state index in [4.69, 9.17) is 16.3 Å². The van der Waals surface area contributed by atoms with Gasteiger partial charge in [-0.25, -0.2) is 4.31 Å². The molecule has 0 atom stereocenters. The molecule has 0 aliphatic rings. The van der Waals surface area contributed by atoms with Crippen molar-refractivity contribution in [1.82, 2.24) is 4.31 Å². The molecule has 1 aromatic rings. The molecule has 0 aliphatic heterocycles. The maximum atomic E-state index is 6.49. The van der Waals surface area contributed by atoms with Crippen molar-refractivity contribution in [3.05, 3.63) is 34.8 Å². The van der Waals surface area contributed by atoms with Gasteiger partial charge >= 0.3 is 0 Å². The van der Waals surface area contributed by atoms with Crippen molar-refractivity contribution in [2.24, 2.45) is 0 Å². The molecule has 1 rings (SSSR count). The van der Waals surface area contributed by atoms with Gasteiger partial charge in [0.15, 0.2) is 5.69 Å². The summed E-state index contributed by atoms with van der Waals surface area (Å²) in [6.45, 7) is 5.30. The molecule has 0 N–H and O–H groups in total. The molecule has 1 aromatic heterocycles. The summed E-state index contributed by atoms with van der Waals surface area (Å²) in [4.78, 5) is 0. The van der Waals surface area contributed by atoms with Gasteiger partial charge in [-0.1, -0.05) is 11.7 Å². The monoisotopic (exact) mass is 315 g/mol. The van der Waals surface area contributed by atoms with Crippen LogP contribution in [0.25, 0.3) is 6.08 Å². The molecular formula is C15H24ClN2OS+. The standard InChI is InChI=1S/C15H24ClN2OS/c1-7-19-11-10-14-9-8-13(2)18(15(14)16)12-17(3)20(4,5)6/h8-11H,4-5,7,12H2,1-3,6H3/q+1. The Kier molecular flexibility index (Phi) is 6.11. The van der Waals surface area contributed by atoms with Crippen LogP contribution in [-0.2, 0) is 11.4 Å². The third-order valence-corrected chi connectivity index (χ3v) is 5.05. The summed E-state index contributed by atoms with van der Waals surface area (Å²) < 4.78 is 9.40. The van der Waals surface area contributed by atoms with Gasteiger partial charge in [-0.2, -0.15) is 14.0 Å². The maximum absolute atomic E-state index is 6.49. The third-order valence-electron chi connectivity index (χ3n) is 3.01. The smallest absolute Gasteiger partial charge is 0.283 e. The number of aryl methyl sites for hydroxylation is 1. The fourth-order valence-corrected chi connectivity index (χ4v) is 2.24. The van der Waals surface area contributed by atoms with Crippen molar-refractivity contribution in [2.75, 3.05) is 19.9 Å². The highest BCUT2D eigenvalue weighted by Crippen LogP contribution is 2.19. The predicted octanol–water partition coefficient (Wildman–Crippen LogP) is 3.05. The zero-order valence-electron chi connectivity index (χ0n) is 12.7. The Bertz CT molecular complexity index is 594. The fourth-order valence-electron chi connectivity index (χ4n) is 1.53. The number of hydrogen-bond donors (Lipinski definition) is 0. The van der Waals surface area contributed by atoms with Crippen LogP contribution in [0, 0.1) is 6.92 Å². The van der Waals surface area contributed by atoms with E-state index in [2.05, 4.69) is 26.9 Å². The van der Waals surface area contributed by atoms with Crippen LogP contribution >= 0.6 is 21.0 Å². The first-order valence-corrected chi connectivity index (χ1v) is 9.11. The van der Waals surface area contributed by atoms with E-state index in [9.17, 15) is 0 Å². The summed E-state index contributed by atoms with van der Waals surface area (Å²) in [6, 6.07) is 4.04. The highest BCUT2D eigenvalue weighted by molar-refractivity contribution is 8.25. The van der Waals surface area contributed by atoms with Crippen molar-refractivity contribution in [3.8, 4) is 0 Å². The molecule has 1 heterocycles. The van der Waals surface area contributed by atoms with Gasteiger partial charge < -0.3 is 4.74 Å². The van der Waals surface area contributed by atoms with E-state index in [0.29, 0.717) is 18.4 Å². The van der Waals surface area contributed by atoms with Crippen LogP contribution < -0.4 is 4.57 Å². The van der Waals surface area contributed by atoms with Crippen molar-refractivity contribution in [1.29, 1.82) is 0 Å². The average molecular weight is 316 g/mol. The minimum Gasteiger partial charge on any atom is -0.501 e. The van der Waals surface area contributed by atoms with Gasteiger partial charge in [0.05, 0.1) is 18.4 Å². The number of aromatic nitrogens is 1. The SMILES string of the molecule is C=S(=C)(C)N(C)C[n+]1c(C)ccc(C=COCC)c1Cl. The molecule has 0 aromatic carbocycles. The van der Waals surface area contributed by atoms with Gasteiger partial charge in [0.2, 0.25) is 6.67 Å². The van der Waals surface area contributed by atoms with Crippen LogP contribution in [0.15, 0.2) is 18.4 Å². The van der Waals surface area contributed by atoms with E-state index in [0.717, 1.165) is 11.3 Å². The Balaban J connectivity index is 3.10. The molecule has 0 saturated carbocycles. The summed E-state index contributed by atoms with van der Waals surface area (Å²) in [5.74, 6) is 8.23. The molecule has 20 heavy (non-hydrogen) atoms. The number of pyridine rings is 1. The number of halogens is 1. The van der Waals surface area contributed by atoms with Crippen molar-refractivity contribution >= 4 is 38.8 Å². The molecule has 5 heteroatoms. The molecule has 112 valence electrons. The van der Waals surface area contributed by atoms with Crippen molar-refractivity contribution in [3.63, 3.8) is 0 Å². The van der Waals surface area contributed by atoms with Crippen LogP contribution in [0.5, 0.6) is 0 Å². The summed E-state index contributed by atoms with van der Waals surface area (Å²) in [7, 11) is 0.758. The minimum atomic E-state index is -1.26. The summed E-state index contributed by atoms with van der Waals surface area (Å²) in [6.07, 6.45) is 5.60. The molecular weight excluding hydrogens is 292 g/mol. The van der Waals surface area contributed by atoms with Crippen LogP contribution in [0.3, 0.4) is 0 Å². The quantitative estimate of drug-likeness (QED) is 0.347. The Labute approximate surface area is 128 Å². The van der Waals surface area contributed by atoms with Crippen molar-refractivity contribution < 1.29 is 9.30 Å². The zero-order valence-corrected chi connectivity index (χ0v) is 14.3. The van der Waals surface area contributed by atoms with E-state index < -0.39 is 9.39 Å².